The van der Waals surface area contributed by atoms with Gasteiger partial charge in [0.1, 0.15) is 17.5 Å². The normalized spacial score (nSPS) is 10.2. The molecule has 0 spiro atoms. The van der Waals surface area contributed by atoms with Crippen LogP contribution in [0.15, 0.2) is 36.8 Å². The van der Waals surface area contributed by atoms with Gasteiger partial charge in [-0.15, -0.1) is 0 Å². The lowest BCUT2D eigenvalue weighted by molar-refractivity contribution is 0.290. The highest BCUT2D eigenvalue weighted by Gasteiger charge is 1.95. The Morgan fingerprint density at radius 1 is 1.40 bits per heavy atom. The third-order valence-electron chi connectivity index (χ3n) is 1.85. The lowest BCUT2D eigenvalue weighted by Crippen LogP contribution is -2.08. The van der Waals surface area contributed by atoms with E-state index in [-0.39, 0.29) is 0 Å². The summed E-state index contributed by atoms with van der Waals surface area (Å²) in [5.41, 5.74) is 0. The first-order valence-corrected chi connectivity index (χ1v) is 4.94. The minimum atomic E-state index is 0.467. The van der Waals surface area contributed by atoms with Gasteiger partial charge in [-0.05, 0) is 18.2 Å². The van der Waals surface area contributed by atoms with Gasteiger partial charge in [0.05, 0.1) is 12.7 Å². The van der Waals surface area contributed by atoms with Crippen LogP contribution in [-0.2, 0) is 6.54 Å². The second-order valence-corrected chi connectivity index (χ2v) is 3.32. The van der Waals surface area contributed by atoms with E-state index in [4.69, 9.17) is 16.3 Å². The highest BCUT2D eigenvalue weighted by atomic mass is 35.5. The van der Waals surface area contributed by atoms with Crippen molar-refractivity contribution in [2.24, 2.45) is 0 Å². The lowest BCUT2D eigenvalue weighted by atomic mass is 10.5. The van der Waals surface area contributed by atoms with Crippen molar-refractivity contribution < 1.29 is 4.74 Å². The molecule has 0 aliphatic heterocycles. The Balaban J connectivity index is 1.81. The molecule has 0 amide bonds. The third kappa shape index (κ3) is 2.95. The average molecular weight is 224 g/mol. The van der Waals surface area contributed by atoms with Gasteiger partial charge in [0.2, 0.25) is 0 Å². The number of halogens is 1. The second kappa shape index (κ2) is 4.79. The van der Waals surface area contributed by atoms with E-state index < -0.39 is 0 Å². The fourth-order valence-electron chi connectivity index (χ4n) is 1.14. The number of hydrogen-bond donors (Lipinski definition) is 0. The highest BCUT2D eigenvalue weighted by Crippen LogP contribution is 2.11. The molecule has 0 N–H and O–H groups in total. The number of ether oxygens (including phenoxy) is 1. The van der Waals surface area contributed by atoms with Crippen molar-refractivity contribution in [1.82, 2.24) is 14.8 Å². The van der Waals surface area contributed by atoms with Crippen LogP contribution in [0.3, 0.4) is 0 Å². The first-order valence-electron chi connectivity index (χ1n) is 4.56. The Kier molecular flexibility index (Phi) is 3.19. The number of nitrogens with zero attached hydrogens (tertiary/aromatic N) is 3. The van der Waals surface area contributed by atoms with Crippen molar-refractivity contribution >= 4 is 11.6 Å². The molecule has 0 radical (unpaired) electrons. The Labute approximate surface area is 92.5 Å². The van der Waals surface area contributed by atoms with Crippen LogP contribution in [0.5, 0.6) is 5.75 Å². The summed E-state index contributed by atoms with van der Waals surface area (Å²) in [6.45, 7) is 1.28. The molecule has 2 aromatic rings. The van der Waals surface area contributed by atoms with Crippen LogP contribution in [0.2, 0.25) is 5.15 Å². The fraction of sp³-hybridized carbons (Fsp3) is 0.200. The van der Waals surface area contributed by atoms with Crippen LogP contribution >= 0.6 is 11.6 Å². The van der Waals surface area contributed by atoms with E-state index in [0.29, 0.717) is 17.5 Å². The van der Waals surface area contributed by atoms with Gasteiger partial charge >= 0.3 is 0 Å². The number of pyridine rings is 1. The van der Waals surface area contributed by atoms with Crippen molar-refractivity contribution in [2.75, 3.05) is 6.61 Å². The molecule has 0 bridgehead atoms. The molecule has 4 nitrogen and oxygen atoms in total. The summed E-state index contributed by atoms with van der Waals surface area (Å²) < 4.78 is 7.26. The summed E-state index contributed by atoms with van der Waals surface area (Å²) >= 11 is 5.65. The molecule has 0 fully saturated rings. The molecule has 78 valence electrons. The molecule has 15 heavy (non-hydrogen) atoms. The molecule has 5 heteroatoms. The number of rotatable bonds is 4. The van der Waals surface area contributed by atoms with E-state index >= 15 is 0 Å². The zero-order valence-corrected chi connectivity index (χ0v) is 8.76. The Hall–Kier alpha value is -1.55. The smallest absolute Gasteiger partial charge is 0.137 e. The predicted molar refractivity (Wildman–Crippen MR) is 57.0 cm³/mol. The monoisotopic (exact) mass is 223 g/mol. The van der Waals surface area contributed by atoms with Crippen LogP contribution in [0.4, 0.5) is 0 Å². The topological polar surface area (TPSA) is 39.9 Å². The van der Waals surface area contributed by atoms with Crippen molar-refractivity contribution in [3.05, 3.63) is 41.9 Å². The third-order valence-corrected chi connectivity index (χ3v) is 2.07. The van der Waals surface area contributed by atoms with Gasteiger partial charge in [0, 0.05) is 12.4 Å². The van der Waals surface area contributed by atoms with Crippen LogP contribution < -0.4 is 4.74 Å². The van der Waals surface area contributed by atoms with E-state index in [9.17, 15) is 0 Å². The molecular formula is C10H10ClN3O. The van der Waals surface area contributed by atoms with Crippen LogP contribution in [-0.4, -0.2) is 21.4 Å². The Bertz CT molecular complexity index is 399. The number of aromatic nitrogens is 3. The van der Waals surface area contributed by atoms with Crippen molar-refractivity contribution in [3.63, 3.8) is 0 Å². The van der Waals surface area contributed by atoms with Crippen molar-refractivity contribution in [1.29, 1.82) is 0 Å². The standard InChI is InChI=1S/C10H10ClN3O/c11-10-3-2-9(8-12-10)15-7-6-14-5-1-4-13-14/h1-5,8H,6-7H2. The van der Waals surface area contributed by atoms with E-state index in [1.165, 1.54) is 0 Å². The maximum absolute atomic E-state index is 5.65. The van der Waals surface area contributed by atoms with Gasteiger partial charge in [-0.2, -0.15) is 5.10 Å². The summed E-state index contributed by atoms with van der Waals surface area (Å²) in [5.74, 6) is 0.714. The van der Waals surface area contributed by atoms with E-state index in [1.54, 1.807) is 24.5 Å². The minimum absolute atomic E-state index is 0.467. The first-order chi connectivity index (χ1) is 7.34. The average Bonchev–Trinajstić information content (AvgIpc) is 2.74. The summed E-state index contributed by atoms with van der Waals surface area (Å²) in [4.78, 5) is 3.91. The summed E-state index contributed by atoms with van der Waals surface area (Å²) in [6, 6.07) is 5.37. The van der Waals surface area contributed by atoms with Gasteiger partial charge in [0.15, 0.2) is 0 Å². The maximum Gasteiger partial charge on any atom is 0.137 e. The Morgan fingerprint density at radius 2 is 2.33 bits per heavy atom. The highest BCUT2D eigenvalue weighted by molar-refractivity contribution is 6.29. The van der Waals surface area contributed by atoms with Gasteiger partial charge in [-0.3, -0.25) is 4.68 Å². The number of hydrogen-bond acceptors (Lipinski definition) is 3. The van der Waals surface area contributed by atoms with Gasteiger partial charge in [0.25, 0.3) is 0 Å². The molecule has 0 atom stereocenters. The first kappa shape index (κ1) is 9.98. The van der Waals surface area contributed by atoms with Crippen LogP contribution in [0.25, 0.3) is 0 Å². The van der Waals surface area contributed by atoms with Crippen LogP contribution in [0.1, 0.15) is 0 Å². The zero-order chi connectivity index (χ0) is 10.5. The molecule has 0 aromatic carbocycles. The predicted octanol–water partition coefficient (Wildman–Crippen LogP) is 2.01. The Morgan fingerprint density at radius 3 is 3.00 bits per heavy atom. The lowest BCUT2D eigenvalue weighted by Gasteiger charge is -2.05. The molecule has 0 unspecified atom stereocenters. The minimum Gasteiger partial charge on any atom is -0.490 e. The van der Waals surface area contributed by atoms with Gasteiger partial charge in [-0.1, -0.05) is 11.6 Å². The molecular weight excluding hydrogens is 214 g/mol. The van der Waals surface area contributed by atoms with E-state index in [2.05, 4.69) is 10.1 Å². The molecule has 0 saturated heterocycles. The molecule has 2 rings (SSSR count). The van der Waals surface area contributed by atoms with E-state index in [1.807, 2.05) is 16.9 Å². The SMILES string of the molecule is Clc1ccc(OCCn2cccn2)cn1. The summed E-state index contributed by atoms with van der Waals surface area (Å²) in [6.07, 6.45) is 5.23. The molecule has 0 saturated carbocycles. The molecule has 0 aliphatic rings. The molecule has 0 aliphatic carbocycles. The summed E-state index contributed by atoms with van der Waals surface area (Å²) in [5, 5.41) is 4.53. The zero-order valence-electron chi connectivity index (χ0n) is 8.01. The largest absolute Gasteiger partial charge is 0.490 e. The van der Waals surface area contributed by atoms with Gasteiger partial charge < -0.3 is 4.74 Å². The summed E-state index contributed by atoms with van der Waals surface area (Å²) in [7, 11) is 0. The molecule has 2 heterocycles. The fourth-order valence-corrected chi connectivity index (χ4v) is 1.25. The molecule has 2 aromatic heterocycles. The second-order valence-electron chi connectivity index (χ2n) is 2.93. The van der Waals surface area contributed by atoms with Gasteiger partial charge in [-0.25, -0.2) is 4.98 Å². The van der Waals surface area contributed by atoms with Crippen molar-refractivity contribution in [2.45, 2.75) is 6.54 Å². The quantitative estimate of drug-likeness (QED) is 0.745. The maximum atomic E-state index is 5.65. The van der Waals surface area contributed by atoms with E-state index in [0.717, 1.165) is 6.54 Å². The van der Waals surface area contributed by atoms with Crippen molar-refractivity contribution in [3.8, 4) is 5.75 Å². The van der Waals surface area contributed by atoms with Crippen LogP contribution in [0, 0.1) is 0 Å².